The second-order valence-corrected chi connectivity index (χ2v) is 5.43. The van der Waals surface area contributed by atoms with Gasteiger partial charge in [0, 0.05) is 22.8 Å². The van der Waals surface area contributed by atoms with Gasteiger partial charge < -0.3 is 5.32 Å². The van der Waals surface area contributed by atoms with Crippen LogP contribution in [0.3, 0.4) is 0 Å². The van der Waals surface area contributed by atoms with E-state index in [1.165, 1.54) is 24.3 Å². The summed E-state index contributed by atoms with van der Waals surface area (Å²) in [5.74, 6) is -0.128. The van der Waals surface area contributed by atoms with Gasteiger partial charge in [0.25, 0.3) is 9.05 Å². The lowest BCUT2D eigenvalue weighted by atomic mass is 10.3. The number of hydrogen-bond donors (Lipinski definition) is 1. The average molecular weight is 248 g/mol. The fraction of sp³-hybridized carbons (Fsp3) is 0.222. The van der Waals surface area contributed by atoms with Crippen molar-refractivity contribution < 1.29 is 13.2 Å². The molecule has 15 heavy (non-hydrogen) atoms. The lowest BCUT2D eigenvalue weighted by molar-refractivity contribution is -0.115. The quantitative estimate of drug-likeness (QED) is 0.831. The number of rotatable bonds is 3. The third-order valence-corrected chi connectivity index (χ3v) is 3.11. The summed E-state index contributed by atoms with van der Waals surface area (Å²) in [6, 6.07) is 5.66. The molecule has 1 aromatic rings. The topological polar surface area (TPSA) is 63.2 Å². The van der Waals surface area contributed by atoms with E-state index in [9.17, 15) is 13.2 Å². The van der Waals surface area contributed by atoms with Gasteiger partial charge in [0.2, 0.25) is 5.91 Å². The summed E-state index contributed by atoms with van der Waals surface area (Å²) in [5, 5.41) is 2.59. The van der Waals surface area contributed by atoms with Crippen molar-refractivity contribution >= 4 is 31.3 Å². The standard InChI is InChI=1S/C9H10ClNO3S/c1-2-9(12)11-7-3-5-8(6-4-7)15(10,13)14/h3-6H,2H2,1H3,(H,11,12). The molecule has 1 aromatic carbocycles. The second kappa shape index (κ2) is 4.63. The molecule has 4 nitrogen and oxygen atoms in total. The number of amides is 1. The van der Waals surface area contributed by atoms with Gasteiger partial charge in [0.05, 0.1) is 4.90 Å². The molecule has 0 bridgehead atoms. The molecule has 0 aromatic heterocycles. The SMILES string of the molecule is CCC(=O)Nc1ccc(S(=O)(=O)Cl)cc1. The predicted octanol–water partition coefficient (Wildman–Crippen LogP) is 1.96. The van der Waals surface area contributed by atoms with Crippen LogP contribution in [0.5, 0.6) is 0 Å². The van der Waals surface area contributed by atoms with Crippen LogP contribution in [0.15, 0.2) is 29.2 Å². The third kappa shape index (κ3) is 3.53. The van der Waals surface area contributed by atoms with Crippen molar-refractivity contribution in [2.75, 3.05) is 5.32 Å². The van der Waals surface area contributed by atoms with Crippen LogP contribution in [-0.2, 0) is 13.8 Å². The van der Waals surface area contributed by atoms with Gasteiger partial charge in [-0.1, -0.05) is 6.92 Å². The maximum Gasteiger partial charge on any atom is 0.261 e. The molecule has 0 unspecified atom stereocenters. The van der Waals surface area contributed by atoms with Gasteiger partial charge >= 0.3 is 0 Å². The van der Waals surface area contributed by atoms with Gasteiger partial charge in [-0.25, -0.2) is 8.42 Å². The Labute approximate surface area is 92.7 Å². The van der Waals surface area contributed by atoms with Crippen molar-refractivity contribution in [3.8, 4) is 0 Å². The summed E-state index contributed by atoms with van der Waals surface area (Å²) < 4.78 is 21.8. The number of hydrogen-bond acceptors (Lipinski definition) is 3. The molecule has 0 saturated heterocycles. The van der Waals surface area contributed by atoms with Crippen LogP contribution in [0.2, 0.25) is 0 Å². The van der Waals surface area contributed by atoms with Crippen molar-refractivity contribution in [1.29, 1.82) is 0 Å². The Morgan fingerprint density at radius 1 is 1.33 bits per heavy atom. The molecular weight excluding hydrogens is 238 g/mol. The highest BCUT2D eigenvalue weighted by atomic mass is 35.7. The Morgan fingerprint density at radius 2 is 1.87 bits per heavy atom. The lowest BCUT2D eigenvalue weighted by Gasteiger charge is -2.03. The van der Waals surface area contributed by atoms with Crippen LogP contribution in [0, 0.1) is 0 Å². The Bertz CT molecular complexity index is 453. The lowest BCUT2D eigenvalue weighted by Crippen LogP contribution is -2.09. The van der Waals surface area contributed by atoms with E-state index in [1.807, 2.05) is 0 Å². The summed E-state index contributed by atoms with van der Waals surface area (Å²) in [4.78, 5) is 11.0. The number of anilines is 1. The van der Waals surface area contributed by atoms with Gasteiger partial charge in [0.15, 0.2) is 0 Å². The summed E-state index contributed by atoms with van der Waals surface area (Å²) in [5.41, 5.74) is 0.547. The van der Waals surface area contributed by atoms with Gasteiger partial charge in [-0.2, -0.15) is 0 Å². The highest BCUT2D eigenvalue weighted by molar-refractivity contribution is 8.13. The first-order chi connectivity index (χ1) is 6.93. The smallest absolute Gasteiger partial charge is 0.261 e. The van der Waals surface area contributed by atoms with Crippen molar-refractivity contribution in [2.24, 2.45) is 0 Å². The van der Waals surface area contributed by atoms with Crippen LogP contribution < -0.4 is 5.32 Å². The monoisotopic (exact) mass is 247 g/mol. The Hall–Kier alpha value is -1.07. The first-order valence-electron chi connectivity index (χ1n) is 4.28. The van der Waals surface area contributed by atoms with E-state index >= 15 is 0 Å². The molecule has 1 N–H and O–H groups in total. The summed E-state index contributed by atoms with van der Waals surface area (Å²) in [7, 11) is 1.43. The van der Waals surface area contributed by atoms with Crippen molar-refractivity contribution in [3.05, 3.63) is 24.3 Å². The van der Waals surface area contributed by atoms with E-state index in [0.29, 0.717) is 12.1 Å². The Morgan fingerprint density at radius 3 is 2.27 bits per heavy atom. The average Bonchev–Trinajstić information content (AvgIpc) is 2.17. The van der Waals surface area contributed by atoms with E-state index in [4.69, 9.17) is 10.7 Å². The van der Waals surface area contributed by atoms with Gasteiger partial charge in [0.1, 0.15) is 0 Å². The number of carbonyl (C=O) groups excluding carboxylic acids is 1. The van der Waals surface area contributed by atoms with Gasteiger partial charge in [-0.05, 0) is 24.3 Å². The van der Waals surface area contributed by atoms with Crippen molar-refractivity contribution in [1.82, 2.24) is 0 Å². The minimum atomic E-state index is -3.69. The highest BCUT2D eigenvalue weighted by Crippen LogP contribution is 2.17. The molecule has 0 atom stereocenters. The van der Waals surface area contributed by atoms with Crippen molar-refractivity contribution in [3.63, 3.8) is 0 Å². The van der Waals surface area contributed by atoms with E-state index in [0.717, 1.165) is 0 Å². The predicted molar refractivity (Wildman–Crippen MR) is 58.4 cm³/mol. The van der Waals surface area contributed by atoms with Gasteiger partial charge in [-0.15, -0.1) is 0 Å². The van der Waals surface area contributed by atoms with E-state index in [1.54, 1.807) is 6.92 Å². The Balaban J connectivity index is 2.86. The molecule has 1 rings (SSSR count). The molecule has 82 valence electrons. The summed E-state index contributed by atoms with van der Waals surface area (Å²) >= 11 is 0. The zero-order valence-corrected chi connectivity index (χ0v) is 9.60. The molecule has 0 aliphatic rings. The molecule has 0 fully saturated rings. The molecule has 0 aliphatic heterocycles. The third-order valence-electron chi connectivity index (χ3n) is 1.74. The van der Waals surface area contributed by atoms with E-state index in [2.05, 4.69) is 5.32 Å². The van der Waals surface area contributed by atoms with Crippen molar-refractivity contribution in [2.45, 2.75) is 18.2 Å². The molecule has 0 radical (unpaired) electrons. The molecule has 0 saturated carbocycles. The first-order valence-corrected chi connectivity index (χ1v) is 6.59. The largest absolute Gasteiger partial charge is 0.326 e. The zero-order valence-electron chi connectivity index (χ0n) is 8.03. The molecule has 0 aliphatic carbocycles. The fourth-order valence-corrected chi connectivity index (χ4v) is 1.72. The van der Waals surface area contributed by atoms with Crippen LogP contribution in [0.4, 0.5) is 5.69 Å². The molecule has 0 heterocycles. The van der Waals surface area contributed by atoms with E-state index in [-0.39, 0.29) is 10.8 Å². The molecule has 0 spiro atoms. The van der Waals surface area contributed by atoms with E-state index < -0.39 is 9.05 Å². The minimum absolute atomic E-state index is 0.0127. The summed E-state index contributed by atoms with van der Waals surface area (Å²) in [6.07, 6.45) is 0.371. The summed E-state index contributed by atoms with van der Waals surface area (Å²) in [6.45, 7) is 1.73. The molecule has 6 heteroatoms. The molecule has 1 amide bonds. The number of benzene rings is 1. The normalized spacial score (nSPS) is 11.1. The van der Waals surface area contributed by atoms with Gasteiger partial charge in [-0.3, -0.25) is 4.79 Å². The van der Waals surface area contributed by atoms with Crippen LogP contribution >= 0.6 is 10.7 Å². The maximum absolute atomic E-state index is 11.0. The number of carbonyl (C=O) groups is 1. The van der Waals surface area contributed by atoms with Crippen LogP contribution in [0.25, 0.3) is 0 Å². The fourth-order valence-electron chi connectivity index (χ4n) is 0.950. The second-order valence-electron chi connectivity index (χ2n) is 2.86. The zero-order chi connectivity index (χ0) is 11.5. The Kier molecular flexibility index (Phi) is 3.71. The minimum Gasteiger partial charge on any atom is -0.326 e. The van der Waals surface area contributed by atoms with Crippen LogP contribution in [-0.4, -0.2) is 14.3 Å². The highest BCUT2D eigenvalue weighted by Gasteiger charge is 2.09. The van der Waals surface area contributed by atoms with Crippen LogP contribution in [0.1, 0.15) is 13.3 Å². The number of nitrogens with one attached hydrogen (secondary N) is 1. The maximum atomic E-state index is 11.0. The molecular formula is C9H10ClNO3S. The first kappa shape index (κ1) is 12.0. The number of halogens is 1.